The van der Waals surface area contributed by atoms with Crippen LogP contribution >= 0.6 is 0 Å². The van der Waals surface area contributed by atoms with Gasteiger partial charge in [-0.2, -0.15) is 10.1 Å². The predicted molar refractivity (Wildman–Crippen MR) is 93.5 cm³/mol. The van der Waals surface area contributed by atoms with Crippen LogP contribution in [0.1, 0.15) is 41.9 Å². The number of hydrogen-bond donors (Lipinski definition) is 0. The molecular formula is C19H20F2N4O2. The van der Waals surface area contributed by atoms with Crippen LogP contribution in [0.4, 0.5) is 8.78 Å². The van der Waals surface area contributed by atoms with Gasteiger partial charge in [0, 0.05) is 7.11 Å². The van der Waals surface area contributed by atoms with Gasteiger partial charge in [-0.25, -0.2) is 8.78 Å². The molecular weight excluding hydrogens is 354 g/mol. The summed E-state index contributed by atoms with van der Waals surface area (Å²) in [6.07, 6.45) is -0.782. The Balaban J connectivity index is 1.66. The second-order valence-corrected chi connectivity index (χ2v) is 6.79. The lowest BCUT2D eigenvalue weighted by Crippen LogP contribution is -2.12. The van der Waals surface area contributed by atoms with E-state index in [1.165, 1.54) is 29.0 Å². The lowest BCUT2D eigenvalue weighted by molar-refractivity contribution is 0.131. The summed E-state index contributed by atoms with van der Waals surface area (Å²) >= 11 is 0. The summed E-state index contributed by atoms with van der Waals surface area (Å²) in [5.41, 5.74) is 2.15. The Morgan fingerprint density at radius 3 is 2.74 bits per heavy atom. The van der Waals surface area contributed by atoms with Crippen LogP contribution in [0.25, 0.3) is 11.6 Å². The standard InChI is InChI=1S/C19H20F2N4O2/c1-12-5-3-4-6-13(12)19(7-8-19)18-22-17(27-24-18)14-11-15(16(20)21)25(23-14)9-10-26-2/h3-6,11,16H,7-10H2,1-2H3. The fourth-order valence-electron chi connectivity index (χ4n) is 3.44. The average molecular weight is 374 g/mol. The highest BCUT2D eigenvalue weighted by molar-refractivity contribution is 5.50. The van der Waals surface area contributed by atoms with Crippen molar-refractivity contribution in [2.24, 2.45) is 0 Å². The van der Waals surface area contributed by atoms with Gasteiger partial charge in [-0.1, -0.05) is 29.4 Å². The molecule has 3 aromatic rings. The Kier molecular flexibility index (Phi) is 4.51. The summed E-state index contributed by atoms with van der Waals surface area (Å²) in [4.78, 5) is 4.50. The minimum atomic E-state index is -2.65. The second kappa shape index (κ2) is 6.84. The van der Waals surface area contributed by atoms with Crippen LogP contribution in [0.2, 0.25) is 0 Å². The lowest BCUT2D eigenvalue weighted by Gasteiger charge is -2.13. The van der Waals surface area contributed by atoms with Crippen LogP contribution in [0.3, 0.4) is 0 Å². The molecule has 0 spiro atoms. The molecule has 0 amide bonds. The number of halogens is 2. The molecule has 6 nitrogen and oxygen atoms in total. The predicted octanol–water partition coefficient (Wildman–Crippen LogP) is 3.91. The summed E-state index contributed by atoms with van der Waals surface area (Å²) in [5.74, 6) is 0.736. The molecule has 0 bridgehead atoms. The van der Waals surface area contributed by atoms with Crippen molar-refractivity contribution in [2.45, 2.75) is 38.2 Å². The van der Waals surface area contributed by atoms with Gasteiger partial charge in [0.1, 0.15) is 5.69 Å². The van der Waals surface area contributed by atoms with Crippen molar-refractivity contribution in [1.82, 2.24) is 19.9 Å². The molecule has 27 heavy (non-hydrogen) atoms. The third-order valence-electron chi connectivity index (χ3n) is 5.03. The van der Waals surface area contributed by atoms with Crippen LogP contribution in [0, 0.1) is 6.92 Å². The van der Waals surface area contributed by atoms with Gasteiger partial charge in [0.05, 0.1) is 18.6 Å². The number of hydrogen-bond acceptors (Lipinski definition) is 5. The van der Waals surface area contributed by atoms with Crippen molar-refractivity contribution in [3.8, 4) is 11.6 Å². The second-order valence-electron chi connectivity index (χ2n) is 6.79. The van der Waals surface area contributed by atoms with Crippen LogP contribution in [-0.2, 0) is 16.7 Å². The van der Waals surface area contributed by atoms with Gasteiger partial charge >= 0.3 is 0 Å². The molecule has 0 radical (unpaired) electrons. The van der Waals surface area contributed by atoms with Gasteiger partial charge in [0.2, 0.25) is 0 Å². The zero-order valence-electron chi connectivity index (χ0n) is 15.2. The van der Waals surface area contributed by atoms with E-state index in [4.69, 9.17) is 9.26 Å². The van der Waals surface area contributed by atoms with Gasteiger partial charge in [-0.15, -0.1) is 0 Å². The van der Waals surface area contributed by atoms with Gasteiger partial charge in [-0.3, -0.25) is 4.68 Å². The van der Waals surface area contributed by atoms with E-state index in [1.807, 2.05) is 12.1 Å². The fraction of sp³-hybridized carbons (Fsp3) is 0.421. The van der Waals surface area contributed by atoms with E-state index in [0.717, 1.165) is 12.8 Å². The minimum Gasteiger partial charge on any atom is -0.383 e. The first-order valence-corrected chi connectivity index (χ1v) is 8.80. The highest BCUT2D eigenvalue weighted by Crippen LogP contribution is 2.53. The Bertz CT molecular complexity index is 947. The number of ether oxygens (including phenoxy) is 1. The van der Waals surface area contributed by atoms with Crippen molar-refractivity contribution < 1.29 is 18.0 Å². The SMILES string of the molecule is COCCn1nc(-c2nc(C3(c4ccccc4C)CC3)no2)cc1C(F)F. The summed E-state index contributed by atoms with van der Waals surface area (Å²) in [6, 6.07) is 9.42. The molecule has 2 aromatic heterocycles. The van der Waals surface area contributed by atoms with Crippen molar-refractivity contribution in [3.63, 3.8) is 0 Å². The number of benzene rings is 1. The Morgan fingerprint density at radius 1 is 1.30 bits per heavy atom. The van der Waals surface area contributed by atoms with E-state index in [0.29, 0.717) is 5.82 Å². The first-order valence-electron chi connectivity index (χ1n) is 8.80. The molecule has 1 aromatic carbocycles. The summed E-state index contributed by atoms with van der Waals surface area (Å²) in [5, 5.41) is 8.35. The molecule has 4 rings (SSSR count). The monoisotopic (exact) mass is 374 g/mol. The normalized spacial score (nSPS) is 15.4. The zero-order chi connectivity index (χ0) is 19.0. The topological polar surface area (TPSA) is 66.0 Å². The van der Waals surface area contributed by atoms with Gasteiger partial charge in [0.25, 0.3) is 12.3 Å². The molecule has 0 unspecified atom stereocenters. The maximum atomic E-state index is 13.3. The Morgan fingerprint density at radius 2 is 2.07 bits per heavy atom. The number of aromatic nitrogens is 4. The van der Waals surface area contributed by atoms with Crippen molar-refractivity contribution in [2.75, 3.05) is 13.7 Å². The highest BCUT2D eigenvalue weighted by atomic mass is 19.3. The van der Waals surface area contributed by atoms with Crippen LogP contribution in [0.15, 0.2) is 34.9 Å². The molecule has 142 valence electrons. The van der Waals surface area contributed by atoms with E-state index in [9.17, 15) is 8.78 Å². The third kappa shape index (κ3) is 3.14. The Hall–Kier alpha value is -2.61. The third-order valence-corrected chi connectivity index (χ3v) is 5.03. The summed E-state index contributed by atoms with van der Waals surface area (Å²) in [7, 11) is 1.51. The van der Waals surface area contributed by atoms with Gasteiger partial charge in [-0.05, 0) is 37.0 Å². The number of methoxy groups -OCH3 is 1. The first-order chi connectivity index (χ1) is 13.0. The highest BCUT2D eigenvalue weighted by Gasteiger charge is 2.50. The number of rotatable bonds is 7. The van der Waals surface area contributed by atoms with E-state index >= 15 is 0 Å². The largest absolute Gasteiger partial charge is 0.383 e. The number of alkyl halides is 2. The average Bonchev–Trinajstić information content (AvgIpc) is 3.12. The van der Waals surface area contributed by atoms with Crippen LogP contribution in [-0.4, -0.2) is 33.6 Å². The minimum absolute atomic E-state index is 0.155. The Labute approximate surface area is 155 Å². The summed E-state index contributed by atoms with van der Waals surface area (Å²) in [6.45, 7) is 2.57. The molecule has 0 saturated heterocycles. The van der Waals surface area contributed by atoms with Crippen molar-refractivity contribution in [1.29, 1.82) is 0 Å². The van der Waals surface area contributed by atoms with Crippen LogP contribution < -0.4 is 0 Å². The number of aryl methyl sites for hydroxylation is 1. The maximum absolute atomic E-state index is 13.3. The molecule has 1 fully saturated rings. The zero-order valence-corrected chi connectivity index (χ0v) is 15.2. The molecule has 0 aliphatic heterocycles. The quantitative estimate of drug-likeness (QED) is 0.627. The molecule has 0 atom stereocenters. The molecule has 1 saturated carbocycles. The molecule has 1 aliphatic rings. The van der Waals surface area contributed by atoms with Crippen LogP contribution in [0.5, 0.6) is 0 Å². The maximum Gasteiger partial charge on any atom is 0.280 e. The van der Waals surface area contributed by atoms with Crippen molar-refractivity contribution >= 4 is 0 Å². The van der Waals surface area contributed by atoms with E-state index in [-0.39, 0.29) is 35.8 Å². The smallest absolute Gasteiger partial charge is 0.280 e. The summed E-state index contributed by atoms with van der Waals surface area (Å²) < 4.78 is 38.1. The van der Waals surface area contributed by atoms with Gasteiger partial charge < -0.3 is 9.26 Å². The molecule has 2 heterocycles. The van der Waals surface area contributed by atoms with Crippen molar-refractivity contribution in [3.05, 3.63) is 53.0 Å². The lowest BCUT2D eigenvalue weighted by atomic mass is 9.91. The molecule has 1 aliphatic carbocycles. The van der Waals surface area contributed by atoms with E-state index in [1.54, 1.807) is 0 Å². The number of nitrogens with zero attached hydrogens (tertiary/aromatic N) is 4. The first kappa shape index (κ1) is 17.8. The van der Waals surface area contributed by atoms with Gasteiger partial charge in [0.15, 0.2) is 11.5 Å². The molecule has 0 N–H and O–H groups in total. The van der Waals surface area contributed by atoms with E-state index < -0.39 is 6.43 Å². The fourth-order valence-corrected chi connectivity index (χ4v) is 3.44. The molecule has 8 heteroatoms. The van der Waals surface area contributed by atoms with E-state index in [2.05, 4.69) is 34.3 Å².